The fourth-order valence-corrected chi connectivity index (χ4v) is 3.12. The molecule has 0 aliphatic carbocycles. The van der Waals surface area contributed by atoms with Crippen LogP contribution in [-0.4, -0.2) is 30.1 Å². The van der Waals surface area contributed by atoms with E-state index in [1.807, 2.05) is 23.9 Å². The van der Waals surface area contributed by atoms with Crippen molar-refractivity contribution in [3.63, 3.8) is 0 Å². The van der Waals surface area contributed by atoms with Gasteiger partial charge in [-0.3, -0.25) is 0 Å². The molecule has 0 aromatic heterocycles. The van der Waals surface area contributed by atoms with E-state index < -0.39 is 0 Å². The molecule has 0 spiro atoms. The Morgan fingerprint density at radius 1 is 1.47 bits per heavy atom. The number of benzene rings is 1. The second-order valence-electron chi connectivity index (χ2n) is 3.93. The topological polar surface area (TPSA) is 32.3 Å². The summed E-state index contributed by atoms with van der Waals surface area (Å²) in [7, 11) is 0. The van der Waals surface area contributed by atoms with Gasteiger partial charge in [-0.1, -0.05) is 28.9 Å². The molecule has 0 saturated carbocycles. The van der Waals surface area contributed by atoms with Gasteiger partial charge in [0.15, 0.2) is 0 Å². The molecule has 0 heterocycles. The zero-order valence-electron chi connectivity index (χ0n) is 10.2. The summed E-state index contributed by atoms with van der Waals surface area (Å²) in [5, 5.41) is 12.5. The van der Waals surface area contributed by atoms with E-state index in [1.165, 1.54) is 4.90 Å². The molecule has 1 unspecified atom stereocenters. The molecule has 2 nitrogen and oxygen atoms in total. The zero-order valence-corrected chi connectivity index (χ0v) is 12.6. The Balaban J connectivity index is 2.39. The normalized spacial score (nSPS) is 12.6. The standard InChI is InChI=1S/C13H20BrNOS/c1-2-7-15-12(6-8-16)10-17-13-5-3-4-11(14)9-13/h3-5,9,12,15-16H,2,6-8,10H2,1H3. The first kappa shape index (κ1) is 15.0. The Hall–Kier alpha value is -0.0300. The number of nitrogens with one attached hydrogen (secondary N) is 1. The van der Waals surface area contributed by atoms with Crippen LogP contribution in [0.15, 0.2) is 33.6 Å². The van der Waals surface area contributed by atoms with E-state index in [0.29, 0.717) is 6.04 Å². The SMILES string of the molecule is CCCNC(CCO)CSc1cccc(Br)c1. The van der Waals surface area contributed by atoms with E-state index in [2.05, 4.69) is 40.3 Å². The summed E-state index contributed by atoms with van der Waals surface area (Å²) in [6.45, 7) is 3.43. The maximum Gasteiger partial charge on any atom is 0.0446 e. The van der Waals surface area contributed by atoms with Crippen LogP contribution in [0.3, 0.4) is 0 Å². The van der Waals surface area contributed by atoms with Gasteiger partial charge in [0.25, 0.3) is 0 Å². The van der Waals surface area contributed by atoms with Crippen LogP contribution in [0.25, 0.3) is 0 Å². The van der Waals surface area contributed by atoms with Gasteiger partial charge in [0, 0.05) is 27.8 Å². The number of thioether (sulfide) groups is 1. The van der Waals surface area contributed by atoms with Crippen molar-refractivity contribution in [2.24, 2.45) is 0 Å². The average molecular weight is 318 g/mol. The molecule has 1 atom stereocenters. The molecule has 0 saturated heterocycles. The fraction of sp³-hybridized carbons (Fsp3) is 0.538. The van der Waals surface area contributed by atoms with Crippen molar-refractivity contribution in [3.05, 3.63) is 28.7 Å². The van der Waals surface area contributed by atoms with Gasteiger partial charge in [-0.2, -0.15) is 0 Å². The minimum atomic E-state index is 0.250. The molecule has 0 fully saturated rings. The number of aliphatic hydroxyl groups excluding tert-OH is 1. The minimum absolute atomic E-state index is 0.250. The summed E-state index contributed by atoms with van der Waals surface area (Å²) in [4.78, 5) is 1.26. The van der Waals surface area contributed by atoms with Gasteiger partial charge < -0.3 is 10.4 Å². The van der Waals surface area contributed by atoms with Crippen molar-refractivity contribution < 1.29 is 5.11 Å². The highest BCUT2D eigenvalue weighted by Crippen LogP contribution is 2.22. The number of hydrogen-bond donors (Lipinski definition) is 2. The molecule has 1 aromatic carbocycles. The predicted octanol–water partition coefficient (Wildman–Crippen LogP) is 3.29. The van der Waals surface area contributed by atoms with Gasteiger partial charge in [-0.25, -0.2) is 0 Å². The molecule has 4 heteroatoms. The smallest absolute Gasteiger partial charge is 0.0446 e. The Morgan fingerprint density at radius 3 is 2.94 bits per heavy atom. The lowest BCUT2D eigenvalue weighted by atomic mass is 10.2. The first-order valence-electron chi connectivity index (χ1n) is 5.99. The lowest BCUT2D eigenvalue weighted by Gasteiger charge is -2.17. The van der Waals surface area contributed by atoms with Gasteiger partial charge in [-0.05, 0) is 37.6 Å². The monoisotopic (exact) mass is 317 g/mol. The summed E-state index contributed by atoms with van der Waals surface area (Å²) < 4.78 is 1.11. The third-order valence-electron chi connectivity index (χ3n) is 2.41. The summed E-state index contributed by atoms with van der Waals surface area (Å²) in [6, 6.07) is 8.72. The Morgan fingerprint density at radius 2 is 2.29 bits per heavy atom. The molecule has 1 rings (SSSR count). The van der Waals surface area contributed by atoms with Crippen molar-refractivity contribution in [2.45, 2.75) is 30.7 Å². The zero-order chi connectivity index (χ0) is 12.5. The molecule has 1 aromatic rings. The van der Waals surface area contributed by atoms with Crippen LogP contribution >= 0.6 is 27.7 Å². The van der Waals surface area contributed by atoms with Crippen molar-refractivity contribution in [2.75, 3.05) is 18.9 Å². The largest absolute Gasteiger partial charge is 0.396 e. The van der Waals surface area contributed by atoms with E-state index in [0.717, 1.165) is 29.6 Å². The van der Waals surface area contributed by atoms with Crippen molar-refractivity contribution in [1.82, 2.24) is 5.32 Å². The lowest BCUT2D eigenvalue weighted by molar-refractivity contribution is 0.270. The predicted molar refractivity (Wildman–Crippen MR) is 78.7 cm³/mol. The third-order valence-corrected chi connectivity index (χ3v) is 4.06. The van der Waals surface area contributed by atoms with Gasteiger partial charge in [0.2, 0.25) is 0 Å². The van der Waals surface area contributed by atoms with Crippen LogP contribution in [0.2, 0.25) is 0 Å². The Labute approximate surface area is 116 Å². The highest BCUT2D eigenvalue weighted by Gasteiger charge is 2.07. The number of halogens is 1. The molecule has 0 amide bonds. The summed E-state index contributed by atoms with van der Waals surface area (Å²) in [5.41, 5.74) is 0. The van der Waals surface area contributed by atoms with Crippen LogP contribution < -0.4 is 5.32 Å². The third kappa shape index (κ3) is 6.46. The molecule has 96 valence electrons. The molecular formula is C13H20BrNOS. The summed E-state index contributed by atoms with van der Waals surface area (Å²) in [5.74, 6) is 0.997. The van der Waals surface area contributed by atoms with E-state index in [4.69, 9.17) is 5.11 Å². The first-order valence-corrected chi connectivity index (χ1v) is 7.76. The second-order valence-corrected chi connectivity index (χ2v) is 5.94. The van der Waals surface area contributed by atoms with E-state index in [9.17, 15) is 0 Å². The lowest BCUT2D eigenvalue weighted by Crippen LogP contribution is -2.32. The van der Waals surface area contributed by atoms with E-state index in [1.54, 1.807) is 0 Å². The average Bonchev–Trinajstić information content (AvgIpc) is 2.33. The van der Waals surface area contributed by atoms with Gasteiger partial charge in [0.1, 0.15) is 0 Å². The number of hydrogen-bond acceptors (Lipinski definition) is 3. The Bertz CT molecular complexity index is 322. The van der Waals surface area contributed by atoms with Crippen LogP contribution in [0, 0.1) is 0 Å². The minimum Gasteiger partial charge on any atom is -0.396 e. The van der Waals surface area contributed by atoms with Gasteiger partial charge in [-0.15, -0.1) is 11.8 Å². The maximum absolute atomic E-state index is 9.02. The first-order chi connectivity index (χ1) is 8.26. The van der Waals surface area contributed by atoms with Gasteiger partial charge >= 0.3 is 0 Å². The van der Waals surface area contributed by atoms with Crippen LogP contribution in [0.5, 0.6) is 0 Å². The van der Waals surface area contributed by atoms with Crippen molar-refractivity contribution >= 4 is 27.7 Å². The molecular weight excluding hydrogens is 298 g/mol. The maximum atomic E-state index is 9.02. The van der Waals surface area contributed by atoms with Gasteiger partial charge in [0.05, 0.1) is 0 Å². The van der Waals surface area contributed by atoms with Crippen molar-refractivity contribution in [3.8, 4) is 0 Å². The molecule has 0 bridgehead atoms. The molecule has 0 radical (unpaired) electrons. The quantitative estimate of drug-likeness (QED) is 0.722. The fourth-order valence-electron chi connectivity index (χ4n) is 1.50. The highest BCUT2D eigenvalue weighted by atomic mass is 79.9. The molecule has 0 aliphatic rings. The number of aliphatic hydroxyl groups is 1. The number of rotatable bonds is 8. The summed E-state index contributed by atoms with van der Waals surface area (Å²) in [6.07, 6.45) is 1.95. The molecule has 2 N–H and O–H groups in total. The molecule has 0 aliphatic heterocycles. The van der Waals surface area contributed by atoms with Crippen LogP contribution in [0.4, 0.5) is 0 Å². The van der Waals surface area contributed by atoms with E-state index >= 15 is 0 Å². The Kier molecular flexibility index (Phi) is 7.93. The van der Waals surface area contributed by atoms with E-state index in [-0.39, 0.29) is 6.61 Å². The molecule has 17 heavy (non-hydrogen) atoms. The van der Waals surface area contributed by atoms with Crippen LogP contribution in [0.1, 0.15) is 19.8 Å². The second kappa shape index (κ2) is 8.97. The van der Waals surface area contributed by atoms with Crippen molar-refractivity contribution in [1.29, 1.82) is 0 Å². The van der Waals surface area contributed by atoms with Crippen LogP contribution in [-0.2, 0) is 0 Å². The summed E-state index contributed by atoms with van der Waals surface area (Å²) >= 11 is 5.30. The highest BCUT2D eigenvalue weighted by molar-refractivity contribution is 9.10.